The van der Waals surface area contributed by atoms with E-state index >= 15 is 0 Å². The van der Waals surface area contributed by atoms with Crippen LogP contribution in [0, 0.1) is 10.1 Å². The lowest BCUT2D eigenvalue weighted by Gasteiger charge is -2.19. The molecule has 1 aromatic heterocycles. The fourth-order valence-corrected chi connectivity index (χ4v) is 4.99. The van der Waals surface area contributed by atoms with Gasteiger partial charge in [0.05, 0.1) is 37.1 Å². The van der Waals surface area contributed by atoms with Crippen LogP contribution in [0.3, 0.4) is 0 Å². The summed E-state index contributed by atoms with van der Waals surface area (Å²) in [6.07, 6.45) is 5.97. The Kier molecular flexibility index (Phi) is 7.88. The summed E-state index contributed by atoms with van der Waals surface area (Å²) < 4.78 is 16.7. The van der Waals surface area contributed by atoms with E-state index in [-0.39, 0.29) is 17.3 Å². The molecule has 10 nitrogen and oxygen atoms in total. The number of rotatable bonds is 9. The number of nitrogens with one attached hydrogen (secondary N) is 2. The smallest absolute Gasteiger partial charge is 0.310 e. The average molecular weight is 563 g/mol. The zero-order chi connectivity index (χ0) is 28.2. The Balaban J connectivity index is 1.36. The first-order valence-electron chi connectivity index (χ1n) is 12.7. The molecule has 0 saturated heterocycles. The third-order valence-electron chi connectivity index (χ3n) is 6.82. The van der Waals surface area contributed by atoms with Gasteiger partial charge in [0.1, 0.15) is 5.75 Å². The number of carbonyl (C=O) groups is 1. The quantitative estimate of drug-likeness (QED) is 0.137. The largest absolute Gasteiger partial charge is 0.496 e. The van der Waals surface area contributed by atoms with Gasteiger partial charge in [-0.05, 0) is 78.8 Å². The molecule has 0 spiro atoms. The number of hydrogen-bond acceptors (Lipinski definition) is 8. The number of aromatic nitrogens is 1. The summed E-state index contributed by atoms with van der Waals surface area (Å²) in [6, 6.07) is 12.1. The maximum absolute atomic E-state index is 13.2. The van der Waals surface area contributed by atoms with Gasteiger partial charge >= 0.3 is 5.69 Å². The van der Waals surface area contributed by atoms with Crippen molar-refractivity contribution in [3.05, 3.63) is 92.4 Å². The lowest BCUT2D eigenvalue weighted by molar-refractivity contribution is -0.385. The van der Waals surface area contributed by atoms with Crippen molar-refractivity contribution in [2.24, 2.45) is 0 Å². The van der Waals surface area contributed by atoms with Gasteiger partial charge in [0.2, 0.25) is 0 Å². The minimum Gasteiger partial charge on any atom is -0.496 e. The first kappa shape index (κ1) is 27.0. The highest BCUT2D eigenvalue weighted by molar-refractivity contribution is 6.30. The van der Waals surface area contributed by atoms with E-state index < -0.39 is 4.92 Å². The number of hydrogen-bond donors (Lipinski definition) is 2. The van der Waals surface area contributed by atoms with Crippen LogP contribution in [0.5, 0.6) is 17.2 Å². The second-order valence-electron chi connectivity index (χ2n) is 9.24. The summed E-state index contributed by atoms with van der Waals surface area (Å²) in [4.78, 5) is 28.0. The Bertz CT molecular complexity index is 1550. The van der Waals surface area contributed by atoms with Crippen molar-refractivity contribution in [1.29, 1.82) is 0 Å². The van der Waals surface area contributed by atoms with Crippen LogP contribution in [0.25, 0.3) is 5.57 Å². The fraction of sp³-hybridized carbons (Fsp3) is 0.241. The van der Waals surface area contributed by atoms with Crippen molar-refractivity contribution in [1.82, 2.24) is 4.98 Å². The number of carbonyl (C=O) groups excluding carboxylic acids is 1. The van der Waals surface area contributed by atoms with Gasteiger partial charge in [0, 0.05) is 29.6 Å². The van der Waals surface area contributed by atoms with Gasteiger partial charge in [0.25, 0.3) is 5.91 Å². The molecule has 1 aliphatic carbocycles. The van der Waals surface area contributed by atoms with Crippen molar-refractivity contribution in [3.8, 4) is 17.2 Å². The first-order valence-corrected chi connectivity index (χ1v) is 13.0. The summed E-state index contributed by atoms with van der Waals surface area (Å²) in [5.74, 6) is 1.23. The molecule has 0 bridgehead atoms. The van der Waals surface area contributed by atoms with E-state index in [1.165, 1.54) is 13.2 Å². The highest BCUT2D eigenvalue weighted by Gasteiger charge is 2.26. The van der Waals surface area contributed by atoms with Gasteiger partial charge in [-0.3, -0.25) is 14.9 Å². The highest BCUT2D eigenvalue weighted by atomic mass is 35.5. The topological polar surface area (TPSA) is 125 Å². The van der Waals surface area contributed by atoms with E-state index in [1.807, 2.05) is 18.2 Å². The number of anilines is 2. The van der Waals surface area contributed by atoms with Gasteiger partial charge in [-0.2, -0.15) is 0 Å². The molecule has 1 aliphatic heterocycles. The fourth-order valence-electron chi connectivity index (χ4n) is 4.81. The summed E-state index contributed by atoms with van der Waals surface area (Å²) in [6.45, 7) is 0.438. The number of amides is 1. The maximum atomic E-state index is 13.2. The number of halogens is 1. The van der Waals surface area contributed by atoms with Crippen LogP contribution in [0.4, 0.5) is 17.1 Å². The van der Waals surface area contributed by atoms with Crippen LogP contribution >= 0.6 is 11.6 Å². The third kappa shape index (κ3) is 5.57. The van der Waals surface area contributed by atoms with E-state index in [9.17, 15) is 14.9 Å². The van der Waals surface area contributed by atoms with E-state index in [0.29, 0.717) is 71.6 Å². The van der Waals surface area contributed by atoms with E-state index in [4.69, 9.17) is 25.8 Å². The highest BCUT2D eigenvalue weighted by Crippen LogP contribution is 2.40. The molecule has 2 aromatic carbocycles. The second kappa shape index (κ2) is 11.7. The van der Waals surface area contributed by atoms with Crippen molar-refractivity contribution < 1.29 is 23.9 Å². The minimum absolute atomic E-state index is 0.0983. The lowest BCUT2D eigenvalue weighted by atomic mass is 9.90. The Morgan fingerprint density at radius 2 is 1.82 bits per heavy atom. The molecule has 40 heavy (non-hydrogen) atoms. The molecule has 2 N–H and O–H groups in total. The Hall–Kier alpha value is -4.57. The van der Waals surface area contributed by atoms with E-state index in [2.05, 4.69) is 15.6 Å². The molecular weight excluding hydrogens is 536 g/mol. The molecule has 3 aromatic rings. The van der Waals surface area contributed by atoms with Crippen LogP contribution in [0.2, 0.25) is 5.15 Å². The van der Waals surface area contributed by atoms with Crippen LogP contribution in [-0.2, 0) is 11.2 Å². The number of benzene rings is 2. The molecule has 2 heterocycles. The van der Waals surface area contributed by atoms with Crippen molar-refractivity contribution >= 4 is 40.1 Å². The molecule has 11 heteroatoms. The van der Waals surface area contributed by atoms with E-state index in [0.717, 1.165) is 16.7 Å². The number of aryl methyl sites for hydroxylation is 1. The number of nitro benzene ring substituents is 1. The minimum atomic E-state index is -0.475. The average Bonchev–Trinajstić information content (AvgIpc) is 3.09. The zero-order valence-corrected chi connectivity index (χ0v) is 22.7. The number of ether oxygens (including phenoxy) is 3. The second-order valence-corrected chi connectivity index (χ2v) is 9.60. The van der Waals surface area contributed by atoms with Gasteiger partial charge in [-0.25, -0.2) is 4.98 Å². The molecule has 0 saturated carbocycles. The van der Waals surface area contributed by atoms with Gasteiger partial charge in [0.15, 0.2) is 16.7 Å². The molecule has 0 fully saturated rings. The van der Waals surface area contributed by atoms with Crippen LogP contribution < -0.4 is 24.8 Å². The number of nitro groups is 1. The third-order valence-corrected chi connectivity index (χ3v) is 7.10. The zero-order valence-electron chi connectivity index (χ0n) is 22.0. The lowest BCUT2D eigenvalue weighted by Crippen LogP contribution is -2.17. The Labute approximate surface area is 235 Å². The van der Waals surface area contributed by atoms with Gasteiger partial charge in [-0.15, -0.1) is 0 Å². The Morgan fingerprint density at radius 3 is 2.58 bits per heavy atom. The van der Waals surface area contributed by atoms with Crippen LogP contribution in [-0.4, -0.2) is 36.6 Å². The number of fused-ring (bicyclic) bond motifs is 1. The van der Waals surface area contributed by atoms with Crippen LogP contribution in [0.15, 0.2) is 66.0 Å². The summed E-state index contributed by atoms with van der Waals surface area (Å²) in [7, 11) is 3.01. The molecule has 0 unspecified atom stereocenters. The van der Waals surface area contributed by atoms with Crippen molar-refractivity contribution in [2.75, 3.05) is 31.5 Å². The van der Waals surface area contributed by atoms with Gasteiger partial charge < -0.3 is 24.8 Å². The van der Waals surface area contributed by atoms with Gasteiger partial charge in [-0.1, -0.05) is 11.6 Å². The van der Waals surface area contributed by atoms with Crippen LogP contribution in [0.1, 0.15) is 30.4 Å². The summed E-state index contributed by atoms with van der Waals surface area (Å²) in [5.41, 5.74) is 5.23. The molecular formula is C29H27ClN4O6. The molecule has 0 radical (unpaired) electrons. The number of pyridine rings is 1. The van der Waals surface area contributed by atoms with Crippen molar-refractivity contribution in [3.63, 3.8) is 0 Å². The monoisotopic (exact) mass is 562 g/mol. The molecule has 0 atom stereocenters. The molecule has 5 rings (SSSR count). The number of allylic oxidation sites excluding steroid dienone is 2. The maximum Gasteiger partial charge on any atom is 0.310 e. The van der Waals surface area contributed by atoms with E-state index in [1.54, 1.807) is 37.6 Å². The predicted octanol–water partition coefficient (Wildman–Crippen LogP) is 6.17. The number of methoxy groups -OCH3 is 2. The number of nitrogens with zero attached hydrogens (tertiary/aromatic N) is 2. The standard InChI is InChI=1S/C29H27ClN4O6/c1-38-26-16-23-22(14-19(26)5-4-12-40-25-6-3-11-31-28(25)30)33-29(35)20-9-7-17(13-21(20)32-23)18-8-10-24(34(36)37)27(15-18)39-2/h3,6,8,10-11,13-16,32H,4-5,7,9,12H2,1-2H3,(H,33,35). The Morgan fingerprint density at radius 1 is 1.02 bits per heavy atom. The molecule has 1 amide bonds. The molecule has 2 aliphatic rings. The predicted molar refractivity (Wildman–Crippen MR) is 152 cm³/mol. The SMILES string of the molecule is COc1cc2c(cc1CCCOc1cccnc1Cl)NC(=O)C1=C(C=C(c3ccc([N+](=O)[O-])c(OC)c3)CC1)N2. The summed E-state index contributed by atoms with van der Waals surface area (Å²) in [5, 5.41) is 18.0. The summed E-state index contributed by atoms with van der Waals surface area (Å²) >= 11 is 6.06. The van der Waals surface area contributed by atoms with Crippen molar-refractivity contribution in [2.45, 2.75) is 25.7 Å². The normalized spacial score (nSPS) is 14.2. The molecule has 206 valence electrons. The first-order chi connectivity index (χ1) is 19.4.